The fraction of sp³-hybridized carbons (Fsp3) is 0.308. The maximum atomic E-state index is 12.5. The predicted octanol–water partition coefficient (Wildman–Crippen LogP) is 0.814. The Morgan fingerprint density at radius 1 is 1.26 bits per heavy atom. The Balaban J connectivity index is 2.05. The minimum absolute atomic E-state index is 0.280. The second-order valence-corrected chi connectivity index (χ2v) is 6.66. The molecule has 5 nitrogen and oxygen atoms in total. The highest BCUT2D eigenvalue weighted by Crippen LogP contribution is 2.28. The largest absolute Gasteiger partial charge is 0.330 e. The van der Waals surface area contributed by atoms with Crippen LogP contribution in [0.25, 0.3) is 10.9 Å². The van der Waals surface area contributed by atoms with E-state index in [9.17, 15) is 8.42 Å². The molecule has 0 radical (unpaired) electrons. The first-order chi connectivity index (χ1) is 9.13. The average molecular weight is 277 g/mol. The van der Waals surface area contributed by atoms with Crippen LogP contribution in [-0.2, 0) is 10.0 Å². The summed E-state index contributed by atoms with van der Waals surface area (Å²) in [5.74, 6) is 0.280. The third kappa shape index (κ3) is 2.01. The van der Waals surface area contributed by atoms with Crippen LogP contribution in [0.4, 0.5) is 0 Å². The number of nitrogens with zero attached hydrogens (tertiary/aromatic N) is 2. The molecule has 1 aliphatic heterocycles. The Labute approximate surface area is 112 Å². The summed E-state index contributed by atoms with van der Waals surface area (Å²) in [4.78, 5) is 4.51. The van der Waals surface area contributed by atoms with Crippen LogP contribution in [-0.4, -0.2) is 37.3 Å². The highest BCUT2D eigenvalue weighted by Gasteiger charge is 2.36. The van der Waals surface area contributed by atoms with Crippen molar-refractivity contribution in [3.8, 4) is 0 Å². The molecule has 6 heteroatoms. The normalized spacial score (nSPS) is 17.5. The molecule has 19 heavy (non-hydrogen) atoms. The molecule has 0 amide bonds. The Hall–Kier alpha value is -1.50. The molecule has 1 saturated heterocycles. The monoisotopic (exact) mass is 277 g/mol. The van der Waals surface area contributed by atoms with Gasteiger partial charge in [0.15, 0.2) is 0 Å². The number of hydrogen-bond acceptors (Lipinski definition) is 4. The minimum atomic E-state index is -3.43. The molecule has 0 aliphatic carbocycles. The molecule has 3 rings (SSSR count). The molecule has 100 valence electrons. The van der Waals surface area contributed by atoms with Crippen LogP contribution in [0.3, 0.4) is 0 Å². The lowest BCUT2D eigenvalue weighted by atomic mass is 10.0. The lowest BCUT2D eigenvalue weighted by Crippen LogP contribution is -2.52. The van der Waals surface area contributed by atoms with E-state index >= 15 is 0 Å². The molecule has 1 aromatic heterocycles. The molecular formula is C13H15N3O2S. The summed E-state index contributed by atoms with van der Waals surface area (Å²) >= 11 is 0. The highest BCUT2D eigenvalue weighted by atomic mass is 32.2. The number of benzene rings is 1. The zero-order valence-electron chi connectivity index (χ0n) is 10.4. The molecule has 0 unspecified atom stereocenters. The summed E-state index contributed by atoms with van der Waals surface area (Å²) < 4.78 is 26.6. The zero-order valence-corrected chi connectivity index (χ0v) is 11.2. The molecule has 0 atom stereocenters. The fourth-order valence-electron chi connectivity index (χ4n) is 2.31. The Morgan fingerprint density at radius 2 is 2.05 bits per heavy atom. The first-order valence-corrected chi connectivity index (χ1v) is 7.61. The van der Waals surface area contributed by atoms with E-state index in [1.54, 1.807) is 30.5 Å². The van der Waals surface area contributed by atoms with E-state index in [2.05, 4.69) is 4.98 Å². The van der Waals surface area contributed by atoms with Crippen molar-refractivity contribution in [1.29, 1.82) is 0 Å². The van der Waals surface area contributed by atoms with Gasteiger partial charge in [0.05, 0.1) is 10.4 Å². The summed E-state index contributed by atoms with van der Waals surface area (Å²) in [6.45, 7) is 1.55. The van der Waals surface area contributed by atoms with Crippen molar-refractivity contribution in [3.63, 3.8) is 0 Å². The number of sulfonamides is 1. The third-order valence-corrected chi connectivity index (χ3v) is 5.37. The van der Waals surface area contributed by atoms with Crippen LogP contribution < -0.4 is 5.73 Å². The molecule has 1 aliphatic rings. The number of nitrogens with two attached hydrogens (primary N) is 1. The van der Waals surface area contributed by atoms with Crippen LogP contribution in [0.1, 0.15) is 0 Å². The Kier molecular flexibility index (Phi) is 3.00. The van der Waals surface area contributed by atoms with E-state index in [0.29, 0.717) is 35.4 Å². The van der Waals surface area contributed by atoms with Gasteiger partial charge in [-0.05, 0) is 36.7 Å². The van der Waals surface area contributed by atoms with Crippen LogP contribution in [0.2, 0.25) is 0 Å². The number of pyridine rings is 1. The molecule has 1 fully saturated rings. The van der Waals surface area contributed by atoms with E-state index in [1.807, 2.05) is 6.07 Å². The van der Waals surface area contributed by atoms with Crippen molar-refractivity contribution in [2.24, 2.45) is 11.7 Å². The minimum Gasteiger partial charge on any atom is -0.330 e. The van der Waals surface area contributed by atoms with Crippen LogP contribution in [0.15, 0.2) is 41.4 Å². The topological polar surface area (TPSA) is 76.3 Å². The zero-order chi connectivity index (χ0) is 13.5. The smallest absolute Gasteiger partial charge is 0.243 e. The van der Waals surface area contributed by atoms with Gasteiger partial charge in [-0.25, -0.2) is 8.42 Å². The van der Waals surface area contributed by atoms with Crippen LogP contribution >= 0.6 is 0 Å². The van der Waals surface area contributed by atoms with Crippen molar-refractivity contribution in [3.05, 3.63) is 36.5 Å². The Bertz CT molecular complexity index is 703. The first kappa shape index (κ1) is 12.5. The molecule has 0 saturated carbocycles. The predicted molar refractivity (Wildman–Crippen MR) is 73.0 cm³/mol. The van der Waals surface area contributed by atoms with Gasteiger partial charge in [0, 0.05) is 24.7 Å². The van der Waals surface area contributed by atoms with Gasteiger partial charge in [0.2, 0.25) is 10.0 Å². The maximum absolute atomic E-state index is 12.5. The number of fused-ring (bicyclic) bond motifs is 1. The lowest BCUT2D eigenvalue weighted by molar-refractivity contribution is 0.207. The van der Waals surface area contributed by atoms with E-state index in [4.69, 9.17) is 5.73 Å². The molecule has 1 aromatic carbocycles. The van der Waals surface area contributed by atoms with Crippen molar-refractivity contribution in [2.45, 2.75) is 4.90 Å². The van der Waals surface area contributed by atoms with Crippen molar-refractivity contribution in [2.75, 3.05) is 19.6 Å². The number of rotatable bonds is 3. The summed E-state index contributed by atoms with van der Waals surface area (Å²) in [5, 5.41) is 0.668. The van der Waals surface area contributed by atoms with Gasteiger partial charge in [-0.3, -0.25) is 4.98 Å². The fourth-order valence-corrected chi connectivity index (χ4v) is 4.10. The van der Waals surface area contributed by atoms with E-state index in [1.165, 1.54) is 4.31 Å². The van der Waals surface area contributed by atoms with Gasteiger partial charge in [0.25, 0.3) is 0 Å². The lowest BCUT2D eigenvalue weighted by Gasteiger charge is -2.37. The molecule has 2 aromatic rings. The number of hydrogen-bond donors (Lipinski definition) is 1. The second kappa shape index (κ2) is 4.56. The molecule has 2 N–H and O–H groups in total. The standard InChI is InChI=1S/C13H15N3O2S/c14-7-10-8-16(9-10)19(17,18)13-5-1-4-12-11(13)3-2-6-15-12/h1-6,10H,7-9,14H2. The van der Waals surface area contributed by atoms with Crippen molar-refractivity contribution in [1.82, 2.24) is 9.29 Å². The average Bonchev–Trinajstić information content (AvgIpc) is 2.36. The number of aromatic nitrogens is 1. The van der Waals surface area contributed by atoms with Crippen molar-refractivity contribution >= 4 is 20.9 Å². The van der Waals surface area contributed by atoms with Gasteiger partial charge < -0.3 is 5.73 Å². The summed E-state index contributed by atoms with van der Waals surface area (Å²) in [6, 6.07) is 8.71. The summed E-state index contributed by atoms with van der Waals surface area (Å²) in [6.07, 6.45) is 1.66. The van der Waals surface area contributed by atoms with Crippen molar-refractivity contribution < 1.29 is 8.42 Å². The van der Waals surface area contributed by atoms with Crippen LogP contribution in [0.5, 0.6) is 0 Å². The molecule has 2 heterocycles. The van der Waals surface area contributed by atoms with E-state index in [0.717, 1.165) is 0 Å². The van der Waals surface area contributed by atoms with Gasteiger partial charge in [-0.2, -0.15) is 4.31 Å². The maximum Gasteiger partial charge on any atom is 0.243 e. The summed E-state index contributed by atoms with van der Waals surface area (Å²) in [5.41, 5.74) is 6.23. The van der Waals surface area contributed by atoms with E-state index < -0.39 is 10.0 Å². The van der Waals surface area contributed by atoms with Gasteiger partial charge in [-0.1, -0.05) is 6.07 Å². The second-order valence-electron chi connectivity index (χ2n) is 4.75. The molecule has 0 spiro atoms. The molecule has 0 bridgehead atoms. The third-order valence-electron chi connectivity index (χ3n) is 3.48. The van der Waals surface area contributed by atoms with Gasteiger partial charge in [-0.15, -0.1) is 0 Å². The van der Waals surface area contributed by atoms with E-state index in [-0.39, 0.29) is 5.92 Å². The summed E-state index contributed by atoms with van der Waals surface area (Å²) in [7, 11) is -3.43. The van der Waals surface area contributed by atoms with Gasteiger partial charge in [0.1, 0.15) is 0 Å². The first-order valence-electron chi connectivity index (χ1n) is 6.17. The SMILES string of the molecule is NCC1CN(S(=O)(=O)c2cccc3ncccc23)C1. The Morgan fingerprint density at radius 3 is 2.79 bits per heavy atom. The molecular weight excluding hydrogens is 262 g/mol. The van der Waals surface area contributed by atoms with Gasteiger partial charge >= 0.3 is 0 Å². The van der Waals surface area contributed by atoms with Crippen LogP contribution in [0, 0.1) is 5.92 Å². The quantitative estimate of drug-likeness (QED) is 0.901. The highest BCUT2D eigenvalue weighted by molar-refractivity contribution is 7.89.